The van der Waals surface area contributed by atoms with E-state index in [0.29, 0.717) is 13.0 Å². The Morgan fingerprint density at radius 3 is 2.67 bits per heavy atom. The molecular weight excluding hydrogens is 270 g/mol. The second-order valence-electron chi connectivity index (χ2n) is 4.79. The Bertz CT molecular complexity index is 512. The van der Waals surface area contributed by atoms with Gasteiger partial charge >= 0.3 is 12.1 Å². The lowest BCUT2D eigenvalue weighted by molar-refractivity contribution is -0.146. The summed E-state index contributed by atoms with van der Waals surface area (Å²) in [5.74, 6) is -0.542. The third-order valence-electron chi connectivity index (χ3n) is 3.19. The molecule has 0 aromatic heterocycles. The van der Waals surface area contributed by atoms with Gasteiger partial charge in [-0.05, 0) is 18.9 Å². The fraction of sp³-hybridized carbons (Fsp3) is 0.375. The quantitative estimate of drug-likeness (QED) is 0.668. The summed E-state index contributed by atoms with van der Waals surface area (Å²) in [6, 6.07) is 9.27. The van der Waals surface area contributed by atoms with Gasteiger partial charge < -0.3 is 14.8 Å². The summed E-state index contributed by atoms with van der Waals surface area (Å²) in [5.41, 5.74) is 0.930. The molecule has 2 atom stereocenters. The molecule has 1 amide bonds. The maximum atomic E-state index is 11.7. The monoisotopic (exact) mass is 289 g/mol. The second kappa shape index (κ2) is 7.47. The number of hydrogen-bond donors (Lipinski definition) is 1. The Labute approximate surface area is 123 Å². The van der Waals surface area contributed by atoms with Crippen molar-refractivity contribution in [3.05, 3.63) is 48.0 Å². The van der Waals surface area contributed by atoms with Gasteiger partial charge in [0.15, 0.2) is 0 Å². The van der Waals surface area contributed by atoms with Crippen molar-refractivity contribution in [1.82, 2.24) is 5.32 Å². The van der Waals surface area contributed by atoms with Gasteiger partial charge in [-0.2, -0.15) is 0 Å². The summed E-state index contributed by atoms with van der Waals surface area (Å²) in [4.78, 5) is 23.3. The SMILES string of the molecule is CCOC(=O)[C@H]1C=C[C@@H](NC(=O)OCc2ccccc2)C1. The first-order chi connectivity index (χ1) is 10.2. The third-order valence-corrected chi connectivity index (χ3v) is 3.19. The maximum Gasteiger partial charge on any atom is 0.407 e. The smallest absolute Gasteiger partial charge is 0.407 e. The van der Waals surface area contributed by atoms with Gasteiger partial charge in [-0.1, -0.05) is 42.5 Å². The van der Waals surface area contributed by atoms with Gasteiger partial charge in [0.2, 0.25) is 0 Å². The molecule has 0 heterocycles. The topological polar surface area (TPSA) is 64.6 Å². The Hall–Kier alpha value is -2.30. The number of hydrogen-bond acceptors (Lipinski definition) is 4. The summed E-state index contributed by atoms with van der Waals surface area (Å²) in [5, 5.41) is 2.72. The molecule has 1 aliphatic carbocycles. The van der Waals surface area contributed by atoms with E-state index in [0.717, 1.165) is 5.56 Å². The van der Waals surface area contributed by atoms with E-state index < -0.39 is 6.09 Å². The zero-order chi connectivity index (χ0) is 15.1. The van der Waals surface area contributed by atoms with Crippen LogP contribution in [0.1, 0.15) is 18.9 Å². The zero-order valence-electron chi connectivity index (χ0n) is 12.0. The predicted molar refractivity (Wildman–Crippen MR) is 77.4 cm³/mol. The van der Waals surface area contributed by atoms with Crippen molar-refractivity contribution in [3.63, 3.8) is 0 Å². The summed E-state index contributed by atoms with van der Waals surface area (Å²) < 4.78 is 10.1. The molecule has 0 radical (unpaired) electrons. The average Bonchev–Trinajstić information content (AvgIpc) is 2.95. The molecule has 112 valence electrons. The summed E-state index contributed by atoms with van der Waals surface area (Å²) in [6.07, 6.45) is 3.59. The van der Waals surface area contributed by atoms with Crippen LogP contribution in [-0.4, -0.2) is 24.7 Å². The summed E-state index contributed by atoms with van der Waals surface area (Å²) >= 11 is 0. The van der Waals surface area contributed by atoms with Crippen molar-refractivity contribution in [3.8, 4) is 0 Å². The molecule has 1 N–H and O–H groups in total. The molecule has 0 fully saturated rings. The van der Waals surface area contributed by atoms with Gasteiger partial charge in [0.25, 0.3) is 0 Å². The highest BCUT2D eigenvalue weighted by Gasteiger charge is 2.27. The first kappa shape index (κ1) is 15.1. The number of amides is 1. The third kappa shape index (κ3) is 4.63. The first-order valence-electron chi connectivity index (χ1n) is 7.01. The number of carbonyl (C=O) groups excluding carboxylic acids is 2. The molecule has 5 nitrogen and oxygen atoms in total. The molecule has 0 bridgehead atoms. The number of ether oxygens (including phenoxy) is 2. The molecule has 0 saturated heterocycles. The van der Waals surface area contributed by atoms with Gasteiger partial charge in [-0.3, -0.25) is 4.79 Å². The minimum atomic E-state index is -0.488. The van der Waals surface area contributed by atoms with Crippen LogP contribution in [0, 0.1) is 5.92 Å². The van der Waals surface area contributed by atoms with E-state index in [1.807, 2.05) is 30.3 Å². The van der Waals surface area contributed by atoms with Crippen LogP contribution in [0.5, 0.6) is 0 Å². The molecule has 1 aromatic carbocycles. The fourth-order valence-corrected chi connectivity index (χ4v) is 2.15. The standard InChI is InChI=1S/C16H19NO4/c1-2-20-15(18)13-8-9-14(10-13)17-16(19)21-11-12-6-4-3-5-7-12/h3-9,13-14H,2,10-11H2,1H3,(H,17,19)/t13-,14+/m0/s1. The van der Waals surface area contributed by atoms with Crippen LogP contribution in [0.3, 0.4) is 0 Å². The number of esters is 1. The van der Waals surface area contributed by atoms with Crippen LogP contribution in [-0.2, 0) is 20.9 Å². The van der Waals surface area contributed by atoms with Crippen molar-refractivity contribution in [2.24, 2.45) is 5.92 Å². The lowest BCUT2D eigenvalue weighted by Gasteiger charge is -2.13. The van der Waals surface area contributed by atoms with Crippen molar-refractivity contribution in [1.29, 1.82) is 0 Å². The van der Waals surface area contributed by atoms with Crippen LogP contribution in [0.25, 0.3) is 0 Å². The van der Waals surface area contributed by atoms with E-state index in [-0.39, 0.29) is 24.5 Å². The van der Waals surface area contributed by atoms with Gasteiger partial charge in [-0.25, -0.2) is 4.79 Å². The van der Waals surface area contributed by atoms with Crippen LogP contribution in [0.2, 0.25) is 0 Å². The molecule has 0 saturated carbocycles. The molecule has 1 aliphatic rings. The number of rotatable bonds is 5. The lowest BCUT2D eigenvalue weighted by Crippen LogP contribution is -2.33. The van der Waals surface area contributed by atoms with Gasteiger partial charge in [-0.15, -0.1) is 0 Å². The molecule has 0 spiro atoms. The molecule has 0 aliphatic heterocycles. The van der Waals surface area contributed by atoms with E-state index in [4.69, 9.17) is 9.47 Å². The summed E-state index contributed by atoms with van der Waals surface area (Å²) in [6.45, 7) is 2.36. The number of benzene rings is 1. The highest BCUT2D eigenvalue weighted by Crippen LogP contribution is 2.19. The van der Waals surface area contributed by atoms with Crippen molar-refractivity contribution in [2.45, 2.75) is 26.0 Å². The fourth-order valence-electron chi connectivity index (χ4n) is 2.15. The number of carbonyl (C=O) groups is 2. The largest absolute Gasteiger partial charge is 0.466 e. The zero-order valence-corrected chi connectivity index (χ0v) is 12.0. The summed E-state index contributed by atoms with van der Waals surface area (Å²) in [7, 11) is 0. The Kier molecular flexibility index (Phi) is 5.37. The van der Waals surface area contributed by atoms with Crippen molar-refractivity contribution < 1.29 is 19.1 Å². The molecular formula is C16H19NO4. The molecule has 21 heavy (non-hydrogen) atoms. The van der Waals surface area contributed by atoms with Gasteiger partial charge in [0, 0.05) is 0 Å². The van der Waals surface area contributed by atoms with Crippen LogP contribution in [0.15, 0.2) is 42.5 Å². The van der Waals surface area contributed by atoms with Crippen molar-refractivity contribution in [2.75, 3.05) is 6.61 Å². The van der Waals surface area contributed by atoms with Crippen LogP contribution < -0.4 is 5.32 Å². The van der Waals surface area contributed by atoms with E-state index in [1.54, 1.807) is 19.1 Å². The van der Waals surface area contributed by atoms with E-state index >= 15 is 0 Å². The van der Waals surface area contributed by atoms with E-state index in [2.05, 4.69) is 5.32 Å². The van der Waals surface area contributed by atoms with Crippen molar-refractivity contribution >= 4 is 12.1 Å². The number of alkyl carbamates (subject to hydrolysis) is 1. The minimum Gasteiger partial charge on any atom is -0.466 e. The second-order valence-corrected chi connectivity index (χ2v) is 4.79. The Balaban J connectivity index is 1.72. The average molecular weight is 289 g/mol. The highest BCUT2D eigenvalue weighted by atomic mass is 16.5. The number of nitrogens with one attached hydrogen (secondary N) is 1. The lowest BCUT2D eigenvalue weighted by atomic mass is 10.1. The van der Waals surface area contributed by atoms with Gasteiger partial charge in [0.1, 0.15) is 6.61 Å². The Morgan fingerprint density at radius 1 is 1.19 bits per heavy atom. The molecule has 0 unspecified atom stereocenters. The van der Waals surface area contributed by atoms with Crippen LogP contribution >= 0.6 is 0 Å². The molecule has 2 rings (SSSR count). The van der Waals surface area contributed by atoms with E-state index in [9.17, 15) is 9.59 Å². The molecule has 5 heteroatoms. The van der Waals surface area contributed by atoms with Crippen LogP contribution in [0.4, 0.5) is 4.79 Å². The maximum absolute atomic E-state index is 11.7. The van der Waals surface area contributed by atoms with Gasteiger partial charge in [0.05, 0.1) is 18.6 Å². The minimum absolute atomic E-state index is 0.192. The highest BCUT2D eigenvalue weighted by molar-refractivity contribution is 5.76. The Morgan fingerprint density at radius 2 is 1.95 bits per heavy atom. The molecule has 1 aromatic rings. The predicted octanol–water partition coefficient (Wildman–Crippen LogP) is 2.42. The normalized spacial score (nSPS) is 20.0. The first-order valence-corrected chi connectivity index (χ1v) is 7.01. The van der Waals surface area contributed by atoms with E-state index in [1.165, 1.54) is 0 Å².